The summed E-state index contributed by atoms with van der Waals surface area (Å²) in [5, 5.41) is 6.99. The third kappa shape index (κ3) is 4.76. The molecule has 0 bridgehead atoms. The largest absolute Gasteiger partial charge is 0.306 e. The SMILES string of the molecule is CCCCCCC(C)(NCCC)c1nccs1. The molecule has 0 amide bonds. The minimum absolute atomic E-state index is 0.0813. The van der Waals surface area contributed by atoms with Gasteiger partial charge in [-0.3, -0.25) is 0 Å². The number of rotatable bonds is 9. The highest BCUT2D eigenvalue weighted by Crippen LogP contribution is 2.28. The van der Waals surface area contributed by atoms with E-state index in [4.69, 9.17) is 0 Å². The van der Waals surface area contributed by atoms with Crippen molar-refractivity contribution in [2.75, 3.05) is 6.54 Å². The molecule has 0 aliphatic rings. The molecule has 0 aromatic carbocycles. The maximum absolute atomic E-state index is 4.50. The molecule has 0 aliphatic carbocycles. The lowest BCUT2D eigenvalue weighted by atomic mass is 9.94. The Labute approximate surface area is 110 Å². The average Bonchev–Trinajstić information content (AvgIpc) is 2.86. The fourth-order valence-corrected chi connectivity index (χ4v) is 2.88. The standard InChI is InChI=1S/C14H26N2S/c1-4-6-7-8-9-14(3,16-10-5-2)13-15-11-12-17-13/h11-12,16H,4-10H2,1-3H3. The van der Waals surface area contributed by atoms with Crippen molar-refractivity contribution in [3.63, 3.8) is 0 Å². The van der Waals surface area contributed by atoms with Gasteiger partial charge in [-0.1, -0.05) is 39.5 Å². The number of hydrogen-bond donors (Lipinski definition) is 1. The molecule has 1 N–H and O–H groups in total. The zero-order valence-corrected chi connectivity index (χ0v) is 12.3. The minimum atomic E-state index is 0.0813. The van der Waals surface area contributed by atoms with Crippen LogP contribution in [0.5, 0.6) is 0 Å². The minimum Gasteiger partial charge on any atom is -0.306 e. The fourth-order valence-electron chi connectivity index (χ4n) is 2.07. The van der Waals surface area contributed by atoms with Gasteiger partial charge in [-0.05, 0) is 26.3 Å². The second kappa shape index (κ2) is 7.83. The Morgan fingerprint density at radius 3 is 2.65 bits per heavy atom. The van der Waals surface area contributed by atoms with E-state index < -0.39 is 0 Å². The van der Waals surface area contributed by atoms with Gasteiger partial charge in [0.1, 0.15) is 5.01 Å². The van der Waals surface area contributed by atoms with Crippen molar-refractivity contribution < 1.29 is 0 Å². The predicted molar refractivity (Wildman–Crippen MR) is 76.5 cm³/mol. The van der Waals surface area contributed by atoms with Gasteiger partial charge in [-0.2, -0.15) is 0 Å². The smallest absolute Gasteiger partial charge is 0.112 e. The first-order chi connectivity index (χ1) is 8.23. The Morgan fingerprint density at radius 2 is 2.06 bits per heavy atom. The van der Waals surface area contributed by atoms with Crippen molar-refractivity contribution >= 4 is 11.3 Å². The molecule has 1 aromatic heterocycles. The Bertz CT molecular complexity index is 284. The van der Waals surface area contributed by atoms with Gasteiger partial charge in [-0.25, -0.2) is 4.98 Å². The zero-order valence-electron chi connectivity index (χ0n) is 11.5. The van der Waals surface area contributed by atoms with Crippen LogP contribution in [0.2, 0.25) is 0 Å². The zero-order chi connectivity index (χ0) is 12.6. The third-order valence-corrected chi connectivity index (χ3v) is 4.24. The lowest BCUT2D eigenvalue weighted by molar-refractivity contribution is 0.325. The molecule has 1 rings (SSSR count). The van der Waals surface area contributed by atoms with Crippen molar-refractivity contribution in [2.45, 2.75) is 64.8 Å². The number of hydrogen-bond acceptors (Lipinski definition) is 3. The summed E-state index contributed by atoms with van der Waals surface area (Å²) in [6, 6.07) is 0. The Balaban J connectivity index is 2.53. The highest BCUT2D eigenvalue weighted by molar-refractivity contribution is 7.09. The maximum Gasteiger partial charge on any atom is 0.112 e. The topological polar surface area (TPSA) is 24.9 Å². The van der Waals surface area contributed by atoms with Crippen molar-refractivity contribution in [1.29, 1.82) is 0 Å². The van der Waals surface area contributed by atoms with Gasteiger partial charge in [0.2, 0.25) is 0 Å². The molecule has 2 nitrogen and oxygen atoms in total. The van der Waals surface area contributed by atoms with Crippen LogP contribution in [0.15, 0.2) is 11.6 Å². The van der Waals surface area contributed by atoms with Crippen LogP contribution >= 0.6 is 11.3 Å². The van der Waals surface area contributed by atoms with Crippen LogP contribution in [0.1, 0.15) is 64.3 Å². The summed E-state index contributed by atoms with van der Waals surface area (Å²) in [7, 11) is 0. The number of unbranched alkanes of at least 4 members (excludes halogenated alkanes) is 3. The van der Waals surface area contributed by atoms with Crippen LogP contribution in [0.25, 0.3) is 0 Å². The number of nitrogens with zero attached hydrogens (tertiary/aromatic N) is 1. The second-order valence-electron chi connectivity index (χ2n) is 4.91. The summed E-state index contributed by atoms with van der Waals surface area (Å²) < 4.78 is 0. The highest BCUT2D eigenvalue weighted by atomic mass is 32.1. The molecule has 0 aliphatic heterocycles. The second-order valence-corrected chi connectivity index (χ2v) is 5.80. The van der Waals surface area contributed by atoms with Gasteiger partial charge in [0.05, 0.1) is 5.54 Å². The van der Waals surface area contributed by atoms with Crippen LogP contribution in [-0.4, -0.2) is 11.5 Å². The predicted octanol–water partition coefficient (Wildman–Crippen LogP) is 4.33. The van der Waals surface area contributed by atoms with E-state index in [1.165, 1.54) is 43.5 Å². The van der Waals surface area contributed by atoms with Gasteiger partial charge >= 0.3 is 0 Å². The molecule has 17 heavy (non-hydrogen) atoms. The van der Waals surface area contributed by atoms with E-state index in [1.54, 1.807) is 11.3 Å². The lowest BCUT2D eigenvalue weighted by Gasteiger charge is -2.29. The number of thiazole rings is 1. The average molecular weight is 254 g/mol. The molecule has 0 saturated carbocycles. The van der Waals surface area contributed by atoms with Crippen LogP contribution in [0.4, 0.5) is 0 Å². The van der Waals surface area contributed by atoms with Gasteiger partial charge in [0, 0.05) is 11.6 Å². The molecule has 1 heterocycles. The molecule has 0 saturated heterocycles. The van der Waals surface area contributed by atoms with E-state index >= 15 is 0 Å². The van der Waals surface area contributed by atoms with Crippen molar-refractivity contribution in [1.82, 2.24) is 10.3 Å². The Hall–Kier alpha value is -0.410. The quantitative estimate of drug-likeness (QED) is 0.664. The van der Waals surface area contributed by atoms with Crippen LogP contribution in [0.3, 0.4) is 0 Å². The summed E-state index contributed by atoms with van der Waals surface area (Å²) in [6.45, 7) is 7.85. The summed E-state index contributed by atoms with van der Waals surface area (Å²) in [5.74, 6) is 0. The van der Waals surface area contributed by atoms with Crippen LogP contribution < -0.4 is 5.32 Å². The van der Waals surface area contributed by atoms with Crippen molar-refractivity contribution in [2.24, 2.45) is 0 Å². The normalized spacial score (nSPS) is 14.8. The fraction of sp³-hybridized carbons (Fsp3) is 0.786. The molecular weight excluding hydrogens is 228 g/mol. The first-order valence-electron chi connectivity index (χ1n) is 6.88. The number of nitrogens with one attached hydrogen (secondary N) is 1. The van der Waals surface area contributed by atoms with E-state index in [2.05, 4.69) is 36.5 Å². The van der Waals surface area contributed by atoms with E-state index in [0.29, 0.717) is 0 Å². The van der Waals surface area contributed by atoms with E-state index in [-0.39, 0.29) is 5.54 Å². The molecule has 1 unspecified atom stereocenters. The van der Waals surface area contributed by atoms with Crippen LogP contribution in [-0.2, 0) is 5.54 Å². The maximum atomic E-state index is 4.50. The molecule has 3 heteroatoms. The van der Waals surface area contributed by atoms with Gasteiger partial charge in [0.15, 0.2) is 0 Å². The summed E-state index contributed by atoms with van der Waals surface area (Å²) in [4.78, 5) is 4.50. The first kappa shape index (κ1) is 14.7. The Morgan fingerprint density at radius 1 is 1.24 bits per heavy atom. The van der Waals surface area contributed by atoms with E-state index in [0.717, 1.165) is 6.54 Å². The van der Waals surface area contributed by atoms with E-state index in [9.17, 15) is 0 Å². The van der Waals surface area contributed by atoms with Gasteiger partial charge in [-0.15, -0.1) is 11.3 Å². The Kier molecular flexibility index (Phi) is 6.75. The molecule has 1 aromatic rings. The molecule has 0 radical (unpaired) electrons. The molecule has 1 atom stereocenters. The van der Waals surface area contributed by atoms with Crippen LogP contribution in [0, 0.1) is 0 Å². The van der Waals surface area contributed by atoms with Crippen molar-refractivity contribution in [3.8, 4) is 0 Å². The number of aromatic nitrogens is 1. The van der Waals surface area contributed by atoms with E-state index in [1.807, 2.05) is 6.20 Å². The van der Waals surface area contributed by atoms with Gasteiger partial charge in [0.25, 0.3) is 0 Å². The van der Waals surface area contributed by atoms with Gasteiger partial charge < -0.3 is 5.32 Å². The summed E-state index contributed by atoms with van der Waals surface area (Å²) >= 11 is 1.77. The van der Waals surface area contributed by atoms with Crippen molar-refractivity contribution in [3.05, 3.63) is 16.6 Å². The molecular formula is C14H26N2S. The first-order valence-corrected chi connectivity index (χ1v) is 7.76. The molecule has 0 fully saturated rings. The lowest BCUT2D eigenvalue weighted by Crippen LogP contribution is -2.39. The monoisotopic (exact) mass is 254 g/mol. The molecule has 0 spiro atoms. The highest BCUT2D eigenvalue weighted by Gasteiger charge is 2.27. The molecule has 98 valence electrons. The summed E-state index contributed by atoms with van der Waals surface area (Å²) in [6.07, 6.45) is 9.57. The summed E-state index contributed by atoms with van der Waals surface area (Å²) in [5.41, 5.74) is 0.0813. The third-order valence-electron chi connectivity index (χ3n) is 3.20.